The lowest BCUT2D eigenvalue weighted by Crippen LogP contribution is -2.05. The van der Waals surface area contributed by atoms with Crippen LogP contribution in [0, 0.1) is 0 Å². The Kier molecular flexibility index (Phi) is 6.33. The Hall–Kier alpha value is -3.14. The van der Waals surface area contributed by atoms with Gasteiger partial charge in [0.2, 0.25) is 0 Å². The molecule has 0 atom stereocenters. The minimum absolute atomic E-state index is 0.770. The number of benzene rings is 2. The molecule has 0 fully saturated rings. The van der Waals surface area contributed by atoms with Gasteiger partial charge in [0.15, 0.2) is 5.36 Å². The molecule has 2 aromatic heterocycles. The van der Waals surface area contributed by atoms with E-state index in [1.807, 2.05) is 66.2 Å². The number of rotatable bonds is 3. The van der Waals surface area contributed by atoms with Crippen molar-refractivity contribution in [2.45, 2.75) is 0 Å². The number of nitrogens with zero attached hydrogens (tertiary/aromatic N) is 1. The normalized spacial score (nSPS) is 11.8. The summed E-state index contributed by atoms with van der Waals surface area (Å²) in [5.41, 5.74) is 1.79. The van der Waals surface area contributed by atoms with Crippen molar-refractivity contribution in [2.24, 2.45) is 4.99 Å². The summed E-state index contributed by atoms with van der Waals surface area (Å²) in [6, 6.07) is 17.7. The molecule has 0 radical (unpaired) electrons. The van der Waals surface area contributed by atoms with Crippen LogP contribution in [-0.4, -0.2) is 14.4 Å². The van der Waals surface area contributed by atoms with Gasteiger partial charge in [-0.05, 0) is 41.4 Å². The first-order valence-corrected chi connectivity index (χ1v) is 9.26. The number of H-pyrrole nitrogens is 1. The van der Waals surface area contributed by atoms with Gasteiger partial charge in [-0.15, -0.1) is 0 Å². The van der Waals surface area contributed by atoms with Crippen LogP contribution in [0.15, 0.2) is 75.6 Å². The lowest BCUT2D eigenvalue weighted by atomic mass is 10.1. The Morgan fingerprint density at radius 1 is 1.03 bits per heavy atom. The summed E-state index contributed by atoms with van der Waals surface area (Å²) in [4.78, 5) is 7.86. The fraction of sp³-hybridized carbons (Fsp3) is 0.0526. The predicted octanol–water partition coefficient (Wildman–Crippen LogP) is 5.52. The third-order valence-corrected chi connectivity index (χ3v) is 4.41. The van der Waals surface area contributed by atoms with Gasteiger partial charge in [-0.2, -0.15) is 0 Å². The van der Waals surface area contributed by atoms with E-state index in [1.165, 1.54) is 0 Å². The molecular formula is C19H15BF4N2O2S. The maximum absolute atomic E-state index is 9.75. The van der Waals surface area contributed by atoms with Crippen LogP contribution in [-0.2, 0) is 0 Å². The number of nitrogens with one attached hydrogen (secondary N) is 1. The first-order chi connectivity index (χ1) is 13.8. The van der Waals surface area contributed by atoms with Crippen molar-refractivity contribution < 1.29 is 31.4 Å². The van der Waals surface area contributed by atoms with E-state index in [2.05, 4.69) is 4.98 Å². The second-order valence-electron chi connectivity index (χ2n) is 5.70. The lowest BCUT2D eigenvalue weighted by molar-refractivity contribution is -0.356. The first kappa shape index (κ1) is 20.6. The van der Waals surface area contributed by atoms with Gasteiger partial charge in [0, 0.05) is 17.0 Å². The Labute approximate surface area is 167 Å². The molecule has 29 heavy (non-hydrogen) atoms. The second-order valence-corrected chi connectivity index (χ2v) is 6.59. The molecule has 2 aromatic carbocycles. The average Bonchev–Trinajstić information content (AvgIpc) is 3.20. The van der Waals surface area contributed by atoms with Crippen LogP contribution >= 0.6 is 11.3 Å². The maximum atomic E-state index is 9.75. The van der Waals surface area contributed by atoms with Gasteiger partial charge in [-0.1, -0.05) is 23.5 Å². The topological polar surface area (TPSA) is 48.9 Å². The highest BCUT2D eigenvalue weighted by Crippen LogP contribution is 2.24. The van der Waals surface area contributed by atoms with Crippen LogP contribution in [0.5, 0.6) is 5.75 Å². The number of methoxy groups -OCH3 is 1. The van der Waals surface area contributed by atoms with Gasteiger partial charge in [-0.3, -0.25) is 0 Å². The summed E-state index contributed by atoms with van der Waals surface area (Å²) in [6.07, 6.45) is 1.88. The summed E-state index contributed by atoms with van der Waals surface area (Å²) in [5, 5.41) is 4.68. The van der Waals surface area contributed by atoms with E-state index < -0.39 is 7.25 Å². The second kappa shape index (κ2) is 8.91. The Morgan fingerprint density at radius 2 is 1.72 bits per heavy atom. The molecular weight excluding hydrogens is 407 g/mol. The van der Waals surface area contributed by atoms with Crippen molar-refractivity contribution in [1.29, 1.82) is 0 Å². The molecule has 150 valence electrons. The molecule has 0 saturated carbocycles. The Morgan fingerprint density at radius 3 is 2.34 bits per heavy atom. The Bertz CT molecular complexity index is 1140. The fourth-order valence-corrected chi connectivity index (χ4v) is 3.07. The fourth-order valence-electron chi connectivity index (χ4n) is 2.51. The van der Waals surface area contributed by atoms with Crippen molar-refractivity contribution in [1.82, 2.24) is 0 Å². The van der Waals surface area contributed by atoms with Crippen LogP contribution < -0.4 is 15.1 Å². The molecule has 1 N–H and O–H groups in total. The zero-order chi connectivity index (χ0) is 20.9. The van der Waals surface area contributed by atoms with Gasteiger partial charge in [0.05, 0.1) is 18.7 Å². The molecule has 4 nitrogen and oxygen atoms in total. The van der Waals surface area contributed by atoms with Gasteiger partial charge in [0.1, 0.15) is 17.1 Å². The number of aromatic nitrogens is 1. The molecule has 0 aliphatic rings. The van der Waals surface area contributed by atoms with Crippen molar-refractivity contribution in [3.8, 4) is 17.1 Å². The van der Waals surface area contributed by atoms with E-state index in [-0.39, 0.29) is 0 Å². The highest BCUT2D eigenvalue weighted by atomic mass is 32.1. The first-order valence-electron chi connectivity index (χ1n) is 8.38. The number of ether oxygens (including phenoxy) is 1. The van der Waals surface area contributed by atoms with Crippen LogP contribution in [0.2, 0.25) is 0 Å². The number of thiazole rings is 1. The molecule has 4 aromatic rings. The maximum Gasteiger partial charge on any atom is 0.673 e. The number of para-hydroxylation sites is 1. The zero-order valence-corrected chi connectivity index (χ0v) is 15.9. The average molecular weight is 422 g/mol. The SMILES string of the molecule is COc1ccc(-c2cc(=Nc3[nH+]ccs3)c3ccccc3o2)cc1.F[B-](F)(F)F. The molecule has 0 saturated heterocycles. The van der Waals surface area contributed by atoms with Gasteiger partial charge in [-0.25, -0.2) is 4.98 Å². The number of aromatic amines is 1. The highest BCUT2D eigenvalue weighted by molar-refractivity contribution is 7.12. The minimum Gasteiger partial charge on any atom is -0.497 e. The van der Waals surface area contributed by atoms with Crippen molar-refractivity contribution >= 4 is 34.7 Å². The molecule has 10 heteroatoms. The molecule has 2 heterocycles. The molecule has 0 aliphatic heterocycles. The van der Waals surface area contributed by atoms with E-state index in [1.54, 1.807) is 18.4 Å². The zero-order valence-electron chi connectivity index (χ0n) is 15.1. The molecule has 4 rings (SSSR count). The van der Waals surface area contributed by atoms with Gasteiger partial charge < -0.3 is 26.4 Å². The van der Waals surface area contributed by atoms with E-state index in [0.29, 0.717) is 0 Å². The van der Waals surface area contributed by atoms with Crippen molar-refractivity contribution in [2.75, 3.05) is 7.11 Å². The van der Waals surface area contributed by atoms with Crippen LogP contribution in [0.25, 0.3) is 22.3 Å². The van der Waals surface area contributed by atoms with Crippen molar-refractivity contribution in [3.05, 3.63) is 71.5 Å². The summed E-state index contributed by atoms with van der Waals surface area (Å²) < 4.78 is 50.3. The van der Waals surface area contributed by atoms with E-state index in [9.17, 15) is 17.3 Å². The summed E-state index contributed by atoms with van der Waals surface area (Å²) >= 11 is 1.56. The van der Waals surface area contributed by atoms with E-state index in [4.69, 9.17) is 14.1 Å². The predicted molar refractivity (Wildman–Crippen MR) is 104 cm³/mol. The van der Waals surface area contributed by atoms with Gasteiger partial charge in [0.25, 0.3) is 0 Å². The number of halogens is 4. The monoisotopic (exact) mass is 422 g/mol. The molecule has 0 unspecified atom stereocenters. The quantitative estimate of drug-likeness (QED) is 0.323. The summed E-state index contributed by atoms with van der Waals surface area (Å²) in [6.45, 7) is 0. The standard InChI is InChI=1S/C19H14N2O2S.BF4/c1-22-14-8-6-13(7-9-14)18-12-16(21-19-20-10-11-24-19)15-4-2-3-5-17(15)23-18;2-1(3,4)5/h2-12H,1H3;/q;-1/p+1. The largest absolute Gasteiger partial charge is 0.673 e. The third kappa shape index (κ3) is 5.92. The molecule has 0 bridgehead atoms. The van der Waals surface area contributed by atoms with Crippen molar-refractivity contribution in [3.63, 3.8) is 0 Å². The highest BCUT2D eigenvalue weighted by Gasteiger charge is 2.20. The van der Waals surface area contributed by atoms with Crippen LogP contribution in [0.4, 0.5) is 22.4 Å². The van der Waals surface area contributed by atoms with E-state index >= 15 is 0 Å². The number of hydrogen-bond donors (Lipinski definition) is 0. The summed E-state index contributed by atoms with van der Waals surface area (Å²) in [7, 11) is -4.34. The van der Waals surface area contributed by atoms with E-state index in [0.717, 1.165) is 38.5 Å². The minimum atomic E-state index is -6.00. The van der Waals surface area contributed by atoms with Crippen LogP contribution in [0.1, 0.15) is 0 Å². The van der Waals surface area contributed by atoms with Crippen LogP contribution in [0.3, 0.4) is 0 Å². The molecule has 0 amide bonds. The number of fused-ring (bicyclic) bond motifs is 1. The summed E-state index contributed by atoms with van der Waals surface area (Å²) in [5.74, 6) is 1.59. The smallest absolute Gasteiger partial charge is 0.497 e. The third-order valence-electron chi connectivity index (χ3n) is 3.70. The molecule has 0 aliphatic carbocycles. The number of hydrogen-bond acceptors (Lipinski definition) is 4. The lowest BCUT2D eigenvalue weighted by Gasteiger charge is -2.04. The van der Waals surface area contributed by atoms with Gasteiger partial charge >= 0.3 is 12.4 Å². The molecule has 0 spiro atoms. The Balaban J connectivity index is 0.000000431.